The lowest BCUT2D eigenvalue weighted by molar-refractivity contribution is -0.140. The van der Waals surface area contributed by atoms with Crippen LogP contribution in [0.1, 0.15) is 49.1 Å². The molecule has 2 N–H and O–H groups in total. The van der Waals surface area contributed by atoms with Gasteiger partial charge in [-0.2, -0.15) is 0 Å². The Bertz CT molecular complexity index is 1520. The van der Waals surface area contributed by atoms with E-state index in [2.05, 4.69) is 26.0 Å². The van der Waals surface area contributed by atoms with Crippen molar-refractivity contribution in [2.45, 2.75) is 52.1 Å². The Kier molecular flexibility index (Phi) is 8.21. The number of fused-ring (bicyclic) bond motifs is 3. The number of carbonyl (C=O) groups is 2. The van der Waals surface area contributed by atoms with E-state index < -0.39 is 19.0 Å². The molecule has 2 aromatic carbocycles. The normalized spacial score (nSPS) is 24.4. The molecule has 3 aliphatic rings. The number of para-hydroxylation sites is 1. The van der Waals surface area contributed by atoms with Gasteiger partial charge in [-0.1, -0.05) is 74.0 Å². The number of imide groups is 1. The van der Waals surface area contributed by atoms with Crippen molar-refractivity contribution in [1.82, 2.24) is 4.90 Å². The second kappa shape index (κ2) is 12.0. The Morgan fingerprint density at radius 1 is 1.05 bits per heavy atom. The molecule has 216 valence electrons. The highest BCUT2D eigenvalue weighted by atomic mass is 32.1. The summed E-state index contributed by atoms with van der Waals surface area (Å²) in [7, 11) is -1.01. The van der Waals surface area contributed by atoms with Gasteiger partial charge in [0, 0.05) is 10.4 Å². The molecule has 3 aromatic rings. The van der Waals surface area contributed by atoms with E-state index in [9.17, 15) is 19.7 Å². The maximum Gasteiger partial charge on any atom is 0.455 e. The first-order valence-electron chi connectivity index (χ1n) is 14.8. The van der Waals surface area contributed by atoms with Gasteiger partial charge in [-0.05, 0) is 77.7 Å². The summed E-state index contributed by atoms with van der Waals surface area (Å²) >= 11 is 1.55. The van der Waals surface area contributed by atoms with Gasteiger partial charge in [0.2, 0.25) is 11.8 Å². The van der Waals surface area contributed by atoms with E-state index in [1.54, 1.807) is 23.5 Å². The molecule has 0 unspecified atom stereocenters. The van der Waals surface area contributed by atoms with Crippen LogP contribution in [0.2, 0.25) is 6.32 Å². The minimum Gasteiger partial charge on any atom is -0.507 e. The highest BCUT2D eigenvalue weighted by molar-refractivity contribution is 7.09. The maximum atomic E-state index is 13.8. The van der Waals surface area contributed by atoms with E-state index in [0.29, 0.717) is 32.1 Å². The number of carbonyl (C=O) groups excluding carboxylic acids is 2. The number of hydrogen-bond acceptors (Lipinski definition) is 6. The first kappa shape index (κ1) is 28.7. The topological polar surface area (TPSA) is 87.1 Å². The molecule has 0 bridgehead atoms. The SMILES string of the molecule is CC(C)C1=C2[C@@H](CC/C(=C/c3ccccc3O)c3ccccc3)OB(O)C[C@@H]2[C@@H]2C(=O)N(Cc3cccs3)C(=O)[C@@H]2C1. The molecular weight excluding hydrogens is 545 g/mol. The number of phenols is 1. The summed E-state index contributed by atoms with van der Waals surface area (Å²) in [5.74, 6) is -0.913. The number of benzene rings is 2. The van der Waals surface area contributed by atoms with Crippen molar-refractivity contribution >= 4 is 41.9 Å². The van der Waals surface area contributed by atoms with E-state index in [0.717, 1.165) is 27.2 Å². The summed E-state index contributed by atoms with van der Waals surface area (Å²) in [4.78, 5) is 29.9. The van der Waals surface area contributed by atoms with Crippen molar-refractivity contribution in [3.63, 3.8) is 0 Å². The van der Waals surface area contributed by atoms with Crippen molar-refractivity contribution in [3.05, 3.63) is 99.3 Å². The zero-order valence-corrected chi connectivity index (χ0v) is 24.8. The van der Waals surface area contributed by atoms with E-state index in [1.807, 2.05) is 53.9 Å². The number of amides is 2. The van der Waals surface area contributed by atoms with E-state index in [4.69, 9.17) is 4.65 Å². The molecule has 6 rings (SSSR count). The number of aromatic hydroxyl groups is 1. The Morgan fingerprint density at radius 3 is 2.52 bits per heavy atom. The molecule has 2 aliphatic heterocycles. The van der Waals surface area contributed by atoms with E-state index in [-0.39, 0.29) is 35.5 Å². The number of nitrogens with zero attached hydrogens (tertiary/aromatic N) is 1. The molecule has 2 amide bonds. The Labute approximate surface area is 251 Å². The molecule has 3 heterocycles. The highest BCUT2D eigenvalue weighted by Gasteiger charge is 2.57. The number of phenolic OH excluding ortho intramolecular Hbond substituents is 1. The zero-order valence-electron chi connectivity index (χ0n) is 24.0. The van der Waals surface area contributed by atoms with Crippen LogP contribution in [0.3, 0.4) is 0 Å². The molecule has 1 aromatic heterocycles. The zero-order chi connectivity index (χ0) is 29.4. The molecule has 8 heteroatoms. The lowest BCUT2D eigenvalue weighted by Gasteiger charge is -2.44. The van der Waals surface area contributed by atoms with Crippen LogP contribution >= 0.6 is 11.3 Å². The second-order valence-electron chi connectivity index (χ2n) is 11.9. The van der Waals surface area contributed by atoms with Crippen molar-refractivity contribution in [3.8, 4) is 5.75 Å². The Balaban J connectivity index is 1.32. The fourth-order valence-corrected chi connectivity index (χ4v) is 7.76. The number of hydrogen-bond donors (Lipinski definition) is 2. The van der Waals surface area contributed by atoms with Crippen LogP contribution in [-0.4, -0.2) is 40.1 Å². The Morgan fingerprint density at radius 2 is 1.81 bits per heavy atom. The first-order chi connectivity index (χ1) is 20.3. The third-order valence-corrected chi connectivity index (χ3v) is 9.87. The molecule has 1 aliphatic carbocycles. The fraction of sp³-hybridized carbons (Fsp3) is 0.353. The van der Waals surface area contributed by atoms with Gasteiger partial charge in [0.05, 0.1) is 24.5 Å². The van der Waals surface area contributed by atoms with Gasteiger partial charge in [-0.15, -0.1) is 11.3 Å². The molecule has 2 saturated heterocycles. The van der Waals surface area contributed by atoms with Crippen LogP contribution in [0.5, 0.6) is 5.75 Å². The van der Waals surface area contributed by atoms with Crippen molar-refractivity contribution in [2.75, 3.05) is 0 Å². The molecular formula is C34H36BNO5S. The van der Waals surface area contributed by atoms with Crippen LogP contribution in [0.15, 0.2) is 83.3 Å². The van der Waals surface area contributed by atoms with Gasteiger partial charge < -0.3 is 14.8 Å². The number of likely N-dealkylation sites (tertiary alicyclic amines) is 1. The lowest BCUT2D eigenvalue weighted by atomic mass is 9.57. The molecule has 0 spiro atoms. The minimum atomic E-state index is -1.01. The smallest absolute Gasteiger partial charge is 0.455 e. The Hall–Kier alpha value is -3.46. The van der Waals surface area contributed by atoms with Crippen molar-refractivity contribution in [2.24, 2.45) is 23.7 Å². The van der Waals surface area contributed by atoms with Crippen LogP contribution in [0.4, 0.5) is 0 Å². The van der Waals surface area contributed by atoms with Crippen LogP contribution in [0.25, 0.3) is 11.6 Å². The molecule has 6 nitrogen and oxygen atoms in total. The van der Waals surface area contributed by atoms with Crippen LogP contribution in [0, 0.1) is 23.7 Å². The molecule has 0 saturated carbocycles. The quantitative estimate of drug-likeness (QED) is 0.139. The average Bonchev–Trinajstić information content (AvgIpc) is 3.58. The maximum absolute atomic E-state index is 13.8. The predicted molar refractivity (Wildman–Crippen MR) is 166 cm³/mol. The summed E-state index contributed by atoms with van der Waals surface area (Å²) in [6.45, 7) is 4.58. The minimum absolute atomic E-state index is 0.0925. The molecule has 0 radical (unpaired) electrons. The van der Waals surface area contributed by atoms with Gasteiger partial charge in [0.25, 0.3) is 0 Å². The summed E-state index contributed by atoms with van der Waals surface area (Å²) in [6, 6.07) is 21.3. The van der Waals surface area contributed by atoms with Crippen LogP contribution in [-0.2, 0) is 20.8 Å². The van der Waals surface area contributed by atoms with Crippen molar-refractivity contribution < 1.29 is 24.4 Å². The molecule has 2 fully saturated rings. The summed E-state index contributed by atoms with van der Waals surface area (Å²) in [6.07, 6.45) is 3.75. The van der Waals surface area contributed by atoms with E-state index >= 15 is 0 Å². The molecule has 4 atom stereocenters. The third-order valence-electron chi connectivity index (χ3n) is 9.01. The number of thiophene rings is 1. The van der Waals surface area contributed by atoms with Gasteiger partial charge >= 0.3 is 7.12 Å². The van der Waals surface area contributed by atoms with Gasteiger partial charge in [0.1, 0.15) is 5.75 Å². The number of rotatable bonds is 8. The second-order valence-corrected chi connectivity index (χ2v) is 12.9. The third kappa shape index (κ3) is 5.51. The summed E-state index contributed by atoms with van der Waals surface area (Å²) < 4.78 is 6.23. The standard InChI is InChI=1S/C34H36BNO5S/c1-21(2)26-18-27-32(34(39)36(33(27)38)20-25-12-8-16-42-25)28-19-35(40)41-30(31(26)28)15-14-23(22-9-4-3-5-10-22)17-24-11-6-7-13-29(24)37/h3-13,16-17,21,27-28,30,32,37,40H,14-15,18-20H2,1-2H3/b23-17-/t27-,28+,30-,32-/m1/s1. The van der Waals surface area contributed by atoms with Crippen LogP contribution < -0.4 is 0 Å². The lowest BCUT2D eigenvalue weighted by Crippen LogP contribution is -2.46. The van der Waals surface area contributed by atoms with Crippen molar-refractivity contribution in [1.29, 1.82) is 0 Å². The van der Waals surface area contributed by atoms with Gasteiger partial charge in [-0.3, -0.25) is 14.5 Å². The van der Waals surface area contributed by atoms with Gasteiger partial charge in [-0.25, -0.2) is 0 Å². The first-order valence-corrected chi connectivity index (χ1v) is 15.7. The fourth-order valence-electron chi connectivity index (χ4n) is 7.07. The van der Waals surface area contributed by atoms with Gasteiger partial charge in [0.15, 0.2) is 0 Å². The number of allylic oxidation sites excluding steroid dienone is 2. The summed E-state index contributed by atoms with van der Waals surface area (Å²) in [5, 5.41) is 23.4. The highest BCUT2D eigenvalue weighted by Crippen LogP contribution is 2.52. The monoisotopic (exact) mass is 581 g/mol. The predicted octanol–water partition coefficient (Wildman–Crippen LogP) is 6.43. The molecule has 42 heavy (non-hydrogen) atoms. The van der Waals surface area contributed by atoms with E-state index in [1.165, 1.54) is 10.5 Å². The average molecular weight is 582 g/mol. The summed E-state index contributed by atoms with van der Waals surface area (Å²) in [5.41, 5.74) is 5.12. The largest absolute Gasteiger partial charge is 0.507 e.